The molecule has 1 aromatic carbocycles. The van der Waals surface area contributed by atoms with Crippen LogP contribution in [0.2, 0.25) is 5.15 Å². The predicted octanol–water partition coefficient (Wildman–Crippen LogP) is 3.35. The fourth-order valence-electron chi connectivity index (χ4n) is 1.90. The highest BCUT2D eigenvalue weighted by molar-refractivity contribution is 6.30. The van der Waals surface area contributed by atoms with Gasteiger partial charge in [0.25, 0.3) is 0 Å². The van der Waals surface area contributed by atoms with Crippen LogP contribution in [0.4, 0.5) is 0 Å². The SMILES string of the molecule is COc1ccc(Cc2nc(C)c(C)c(Cl)n2)cc1OC. The van der Waals surface area contributed by atoms with Crippen LogP contribution < -0.4 is 9.47 Å². The first-order chi connectivity index (χ1) is 9.55. The van der Waals surface area contributed by atoms with Gasteiger partial charge in [0.15, 0.2) is 11.5 Å². The second kappa shape index (κ2) is 6.09. The second-order valence-electron chi connectivity index (χ2n) is 4.51. The van der Waals surface area contributed by atoms with Crippen molar-refractivity contribution in [2.24, 2.45) is 0 Å². The van der Waals surface area contributed by atoms with E-state index >= 15 is 0 Å². The van der Waals surface area contributed by atoms with Crippen LogP contribution in [0, 0.1) is 13.8 Å². The summed E-state index contributed by atoms with van der Waals surface area (Å²) < 4.78 is 10.5. The zero-order valence-corrected chi connectivity index (χ0v) is 12.8. The first kappa shape index (κ1) is 14.6. The highest BCUT2D eigenvalue weighted by atomic mass is 35.5. The van der Waals surface area contributed by atoms with Crippen LogP contribution in [0.25, 0.3) is 0 Å². The molecular weight excluding hydrogens is 276 g/mol. The molecule has 0 spiro atoms. The Balaban J connectivity index is 2.30. The summed E-state index contributed by atoms with van der Waals surface area (Å²) in [4.78, 5) is 8.77. The monoisotopic (exact) mass is 292 g/mol. The molecule has 0 bridgehead atoms. The summed E-state index contributed by atoms with van der Waals surface area (Å²) in [5.74, 6) is 2.10. The van der Waals surface area contributed by atoms with Gasteiger partial charge < -0.3 is 9.47 Å². The first-order valence-electron chi connectivity index (χ1n) is 6.25. The smallest absolute Gasteiger partial charge is 0.161 e. The number of hydrogen-bond donors (Lipinski definition) is 0. The number of nitrogens with zero attached hydrogens (tertiary/aromatic N) is 2. The van der Waals surface area contributed by atoms with Gasteiger partial charge >= 0.3 is 0 Å². The Kier molecular flexibility index (Phi) is 4.45. The molecule has 0 aliphatic carbocycles. The van der Waals surface area contributed by atoms with E-state index in [1.165, 1.54) is 0 Å². The van der Waals surface area contributed by atoms with E-state index < -0.39 is 0 Å². The minimum absolute atomic E-state index is 0.507. The Morgan fingerprint density at radius 3 is 2.35 bits per heavy atom. The van der Waals surface area contributed by atoms with Gasteiger partial charge in [0, 0.05) is 17.7 Å². The van der Waals surface area contributed by atoms with Crippen LogP contribution in [0.3, 0.4) is 0 Å². The van der Waals surface area contributed by atoms with Gasteiger partial charge in [-0.2, -0.15) is 0 Å². The van der Waals surface area contributed by atoms with Gasteiger partial charge in [0.1, 0.15) is 11.0 Å². The minimum atomic E-state index is 0.507. The molecule has 0 saturated heterocycles. The van der Waals surface area contributed by atoms with Gasteiger partial charge in [-0.25, -0.2) is 9.97 Å². The third-order valence-electron chi connectivity index (χ3n) is 3.19. The highest BCUT2D eigenvalue weighted by Crippen LogP contribution is 2.28. The Morgan fingerprint density at radius 2 is 1.75 bits per heavy atom. The van der Waals surface area contributed by atoms with Gasteiger partial charge in [0.05, 0.1) is 14.2 Å². The van der Waals surface area contributed by atoms with Gasteiger partial charge in [-0.05, 0) is 31.5 Å². The quantitative estimate of drug-likeness (QED) is 0.811. The van der Waals surface area contributed by atoms with Gasteiger partial charge in [-0.1, -0.05) is 17.7 Å². The van der Waals surface area contributed by atoms with Crippen LogP contribution in [0.1, 0.15) is 22.6 Å². The fourth-order valence-corrected chi connectivity index (χ4v) is 2.14. The lowest BCUT2D eigenvalue weighted by molar-refractivity contribution is 0.354. The average Bonchev–Trinajstić information content (AvgIpc) is 2.44. The van der Waals surface area contributed by atoms with Crippen molar-refractivity contribution >= 4 is 11.6 Å². The molecule has 2 aromatic rings. The minimum Gasteiger partial charge on any atom is -0.493 e. The molecular formula is C15H17ClN2O2. The number of methoxy groups -OCH3 is 2. The maximum Gasteiger partial charge on any atom is 0.161 e. The van der Waals surface area contributed by atoms with E-state index in [-0.39, 0.29) is 0 Å². The lowest BCUT2D eigenvalue weighted by Crippen LogP contribution is -2.02. The van der Waals surface area contributed by atoms with Crippen molar-refractivity contribution in [3.63, 3.8) is 0 Å². The molecule has 1 heterocycles. The summed E-state index contributed by atoms with van der Waals surface area (Å²) >= 11 is 6.10. The van der Waals surface area contributed by atoms with E-state index in [1.54, 1.807) is 14.2 Å². The Labute approximate surface area is 123 Å². The van der Waals surface area contributed by atoms with E-state index in [1.807, 2.05) is 32.0 Å². The first-order valence-corrected chi connectivity index (χ1v) is 6.63. The van der Waals surface area contributed by atoms with Crippen LogP contribution >= 0.6 is 11.6 Å². The highest BCUT2D eigenvalue weighted by Gasteiger charge is 2.09. The van der Waals surface area contributed by atoms with Crippen molar-refractivity contribution in [1.29, 1.82) is 0 Å². The van der Waals surface area contributed by atoms with Crippen molar-refractivity contribution in [3.05, 3.63) is 46.0 Å². The van der Waals surface area contributed by atoms with E-state index in [9.17, 15) is 0 Å². The zero-order chi connectivity index (χ0) is 14.7. The molecule has 1 aromatic heterocycles. The van der Waals surface area contributed by atoms with Crippen LogP contribution in [-0.4, -0.2) is 24.2 Å². The average molecular weight is 293 g/mol. The number of rotatable bonds is 4. The Bertz CT molecular complexity index is 606. The van der Waals surface area contributed by atoms with Crippen molar-refractivity contribution in [1.82, 2.24) is 9.97 Å². The van der Waals surface area contributed by atoms with Crippen molar-refractivity contribution < 1.29 is 9.47 Å². The standard InChI is InChI=1S/C15H17ClN2O2/c1-9-10(2)17-14(18-15(9)16)8-11-5-6-12(19-3)13(7-11)20-4/h5-7H,8H2,1-4H3. The van der Waals surface area contributed by atoms with Crippen molar-refractivity contribution in [2.45, 2.75) is 20.3 Å². The molecule has 0 amide bonds. The normalized spacial score (nSPS) is 10.4. The number of halogens is 1. The third kappa shape index (κ3) is 3.02. The van der Waals surface area contributed by atoms with Crippen molar-refractivity contribution in [2.75, 3.05) is 14.2 Å². The predicted molar refractivity (Wildman–Crippen MR) is 78.9 cm³/mol. The fraction of sp³-hybridized carbons (Fsp3) is 0.333. The van der Waals surface area contributed by atoms with Gasteiger partial charge in [-0.3, -0.25) is 0 Å². The van der Waals surface area contributed by atoms with Crippen LogP contribution in [-0.2, 0) is 6.42 Å². The van der Waals surface area contributed by atoms with Crippen LogP contribution in [0.5, 0.6) is 11.5 Å². The molecule has 106 valence electrons. The molecule has 5 heteroatoms. The molecule has 0 N–H and O–H groups in total. The Morgan fingerprint density at radius 1 is 1.05 bits per heavy atom. The topological polar surface area (TPSA) is 44.2 Å². The summed E-state index contributed by atoms with van der Waals surface area (Å²) in [6.45, 7) is 3.85. The summed E-state index contributed by atoms with van der Waals surface area (Å²) in [6.07, 6.45) is 0.598. The van der Waals surface area contributed by atoms with Crippen LogP contribution in [0.15, 0.2) is 18.2 Å². The zero-order valence-electron chi connectivity index (χ0n) is 12.0. The number of aryl methyl sites for hydroxylation is 1. The largest absolute Gasteiger partial charge is 0.493 e. The molecule has 0 atom stereocenters. The van der Waals surface area contributed by atoms with E-state index in [0.29, 0.717) is 28.9 Å². The summed E-state index contributed by atoms with van der Waals surface area (Å²) in [6, 6.07) is 5.76. The summed E-state index contributed by atoms with van der Waals surface area (Å²) in [5, 5.41) is 0.507. The van der Waals surface area contributed by atoms with E-state index in [2.05, 4.69) is 9.97 Å². The maximum absolute atomic E-state index is 6.10. The lowest BCUT2D eigenvalue weighted by Gasteiger charge is -2.10. The lowest BCUT2D eigenvalue weighted by atomic mass is 10.1. The second-order valence-corrected chi connectivity index (χ2v) is 4.87. The van der Waals surface area contributed by atoms with Gasteiger partial charge in [0.2, 0.25) is 0 Å². The molecule has 20 heavy (non-hydrogen) atoms. The van der Waals surface area contributed by atoms with E-state index in [4.69, 9.17) is 21.1 Å². The molecule has 0 saturated carbocycles. The summed E-state index contributed by atoms with van der Waals surface area (Å²) in [5.41, 5.74) is 2.87. The maximum atomic E-state index is 6.10. The molecule has 0 unspecified atom stereocenters. The van der Waals surface area contributed by atoms with Gasteiger partial charge in [-0.15, -0.1) is 0 Å². The molecule has 0 fully saturated rings. The summed E-state index contributed by atoms with van der Waals surface area (Å²) in [7, 11) is 3.23. The Hall–Kier alpha value is -1.81. The molecule has 2 rings (SSSR count). The molecule has 0 radical (unpaired) electrons. The van der Waals surface area contributed by atoms with E-state index in [0.717, 1.165) is 16.8 Å². The number of ether oxygens (including phenoxy) is 2. The number of benzene rings is 1. The number of hydrogen-bond acceptors (Lipinski definition) is 4. The van der Waals surface area contributed by atoms with Crippen molar-refractivity contribution in [3.8, 4) is 11.5 Å². The molecule has 0 aliphatic heterocycles. The number of aromatic nitrogens is 2. The molecule has 0 aliphatic rings. The molecule has 4 nitrogen and oxygen atoms in total. The third-order valence-corrected chi connectivity index (χ3v) is 3.55.